The van der Waals surface area contributed by atoms with E-state index in [0.717, 1.165) is 31.4 Å². The number of morpholine rings is 1. The molecule has 2 aliphatic rings. The van der Waals surface area contributed by atoms with Gasteiger partial charge in [-0.2, -0.15) is 0 Å². The summed E-state index contributed by atoms with van der Waals surface area (Å²) < 4.78 is 31.7. The summed E-state index contributed by atoms with van der Waals surface area (Å²) in [4.78, 5) is 26.1. The molecule has 1 saturated carbocycles. The van der Waals surface area contributed by atoms with Crippen LogP contribution in [-0.2, 0) is 9.53 Å². The van der Waals surface area contributed by atoms with Crippen LogP contribution in [0.3, 0.4) is 0 Å². The van der Waals surface area contributed by atoms with Crippen LogP contribution in [0.1, 0.15) is 29.6 Å². The van der Waals surface area contributed by atoms with Crippen molar-refractivity contribution in [2.45, 2.75) is 24.8 Å². The van der Waals surface area contributed by atoms with Crippen molar-refractivity contribution < 1.29 is 23.1 Å². The molecule has 2 amide bonds. The van der Waals surface area contributed by atoms with Crippen LogP contribution >= 0.6 is 0 Å². The fourth-order valence-corrected chi connectivity index (χ4v) is 3.16. The summed E-state index contributed by atoms with van der Waals surface area (Å²) in [5.74, 6) is -2.53. The Bertz CT molecular complexity index is 612. The van der Waals surface area contributed by atoms with Gasteiger partial charge in [-0.15, -0.1) is 0 Å². The first-order valence-corrected chi connectivity index (χ1v) is 7.63. The Hall–Kier alpha value is -2.02. The molecule has 0 atom stereocenters. The predicted molar refractivity (Wildman–Crippen MR) is 77.8 cm³/mol. The SMILES string of the molecule is O=C(NCC(=O)N1CCOCC12CCC2)c1cc(F)cc(F)c1. The van der Waals surface area contributed by atoms with Crippen LogP contribution in [0, 0.1) is 11.6 Å². The second-order valence-corrected chi connectivity index (χ2v) is 6.02. The van der Waals surface area contributed by atoms with Crippen LogP contribution in [0.15, 0.2) is 18.2 Å². The van der Waals surface area contributed by atoms with Gasteiger partial charge >= 0.3 is 0 Å². The van der Waals surface area contributed by atoms with Crippen molar-refractivity contribution in [3.8, 4) is 0 Å². The third kappa shape index (κ3) is 3.19. The molecule has 5 nitrogen and oxygen atoms in total. The average Bonchev–Trinajstić information content (AvgIpc) is 2.49. The van der Waals surface area contributed by atoms with E-state index in [4.69, 9.17) is 4.74 Å². The van der Waals surface area contributed by atoms with Crippen LogP contribution in [0.25, 0.3) is 0 Å². The zero-order chi connectivity index (χ0) is 16.4. The van der Waals surface area contributed by atoms with E-state index in [1.807, 2.05) is 0 Å². The molecule has 0 unspecified atom stereocenters. The molecule has 124 valence electrons. The number of hydrogen-bond acceptors (Lipinski definition) is 3. The summed E-state index contributed by atoms with van der Waals surface area (Å²) in [5.41, 5.74) is -0.374. The predicted octanol–water partition coefficient (Wildman–Crippen LogP) is 1.48. The highest BCUT2D eigenvalue weighted by atomic mass is 19.1. The fourth-order valence-electron chi connectivity index (χ4n) is 3.16. The Labute approximate surface area is 132 Å². The number of carbonyl (C=O) groups excluding carboxylic acids is 2. The summed E-state index contributed by atoms with van der Waals surface area (Å²) in [6, 6.07) is 2.56. The quantitative estimate of drug-likeness (QED) is 0.916. The largest absolute Gasteiger partial charge is 0.377 e. The van der Waals surface area contributed by atoms with Crippen LogP contribution in [-0.4, -0.2) is 48.6 Å². The Morgan fingerprint density at radius 1 is 1.22 bits per heavy atom. The summed E-state index contributed by atoms with van der Waals surface area (Å²) in [6.07, 6.45) is 2.87. The molecule has 0 bridgehead atoms. The summed E-state index contributed by atoms with van der Waals surface area (Å²) in [7, 11) is 0. The minimum absolute atomic E-state index is 0.143. The number of nitrogens with zero attached hydrogens (tertiary/aromatic N) is 1. The summed E-state index contributed by atoms with van der Waals surface area (Å²) in [5, 5.41) is 2.43. The van der Waals surface area contributed by atoms with Crippen molar-refractivity contribution >= 4 is 11.8 Å². The third-order valence-corrected chi connectivity index (χ3v) is 4.51. The van der Waals surface area contributed by atoms with Crippen molar-refractivity contribution in [3.05, 3.63) is 35.4 Å². The molecule has 1 aromatic carbocycles. The molecule has 1 aromatic rings. The molecule has 0 radical (unpaired) electrons. The second-order valence-electron chi connectivity index (χ2n) is 6.02. The van der Waals surface area contributed by atoms with Crippen molar-refractivity contribution in [1.29, 1.82) is 0 Å². The van der Waals surface area contributed by atoms with Crippen LogP contribution in [0.4, 0.5) is 8.78 Å². The Morgan fingerprint density at radius 2 is 1.91 bits per heavy atom. The summed E-state index contributed by atoms with van der Waals surface area (Å²) in [6.45, 7) is 1.32. The first-order chi connectivity index (χ1) is 11.0. The van der Waals surface area contributed by atoms with Crippen molar-refractivity contribution in [3.63, 3.8) is 0 Å². The number of carbonyl (C=O) groups is 2. The zero-order valence-corrected chi connectivity index (χ0v) is 12.6. The van der Waals surface area contributed by atoms with Gasteiger partial charge in [-0.3, -0.25) is 9.59 Å². The first-order valence-electron chi connectivity index (χ1n) is 7.63. The van der Waals surface area contributed by atoms with E-state index in [0.29, 0.717) is 25.8 Å². The van der Waals surface area contributed by atoms with E-state index >= 15 is 0 Å². The van der Waals surface area contributed by atoms with E-state index in [9.17, 15) is 18.4 Å². The molecule has 7 heteroatoms. The second kappa shape index (κ2) is 6.23. The first kappa shape index (κ1) is 15.9. The van der Waals surface area contributed by atoms with E-state index in [-0.39, 0.29) is 23.6 Å². The molecule has 1 saturated heterocycles. The molecule has 2 fully saturated rings. The molecular formula is C16H18F2N2O3. The van der Waals surface area contributed by atoms with Crippen LogP contribution < -0.4 is 5.32 Å². The highest BCUT2D eigenvalue weighted by Gasteiger charge is 2.46. The van der Waals surface area contributed by atoms with Gasteiger partial charge in [0, 0.05) is 18.2 Å². The minimum Gasteiger partial charge on any atom is -0.377 e. The third-order valence-electron chi connectivity index (χ3n) is 4.51. The Balaban J connectivity index is 1.61. The monoisotopic (exact) mass is 324 g/mol. The van der Waals surface area contributed by atoms with E-state index < -0.39 is 17.5 Å². The number of amides is 2. The van der Waals surface area contributed by atoms with Gasteiger partial charge in [-0.25, -0.2) is 8.78 Å². The molecule has 23 heavy (non-hydrogen) atoms. The van der Waals surface area contributed by atoms with Gasteiger partial charge in [0.15, 0.2) is 0 Å². The lowest BCUT2D eigenvalue weighted by Gasteiger charge is -2.52. The van der Waals surface area contributed by atoms with E-state index in [2.05, 4.69) is 5.32 Å². The Kier molecular flexibility index (Phi) is 4.30. The smallest absolute Gasteiger partial charge is 0.251 e. The minimum atomic E-state index is -0.830. The molecule has 1 spiro atoms. The maximum atomic E-state index is 13.1. The van der Waals surface area contributed by atoms with Gasteiger partial charge in [-0.1, -0.05) is 0 Å². The summed E-state index contributed by atoms with van der Waals surface area (Å²) >= 11 is 0. The number of halogens is 2. The van der Waals surface area contributed by atoms with E-state index in [1.54, 1.807) is 4.90 Å². The van der Waals surface area contributed by atoms with Gasteiger partial charge in [0.25, 0.3) is 5.91 Å². The molecular weight excluding hydrogens is 306 g/mol. The van der Waals surface area contributed by atoms with Gasteiger partial charge in [0.1, 0.15) is 11.6 Å². The number of nitrogens with one attached hydrogen (secondary N) is 1. The average molecular weight is 324 g/mol. The maximum Gasteiger partial charge on any atom is 0.251 e. The highest BCUT2D eigenvalue weighted by Crippen LogP contribution is 2.39. The van der Waals surface area contributed by atoms with Crippen molar-refractivity contribution in [1.82, 2.24) is 10.2 Å². The molecule has 1 aliphatic carbocycles. The molecule has 1 aliphatic heterocycles. The van der Waals surface area contributed by atoms with Crippen LogP contribution in [0.5, 0.6) is 0 Å². The molecule has 1 N–H and O–H groups in total. The van der Waals surface area contributed by atoms with Crippen molar-refractivity contribution in [2.24, 2.45) is 0 Å². The zero-order valence-electron chi connectivity index (χ0n) is 12.6. The van der Waals surface area contributed by atoms with Gasteiger partial charge in [0.05, 0.1) is 25.3 Å². The molecule has 3 rings (SSSR count). The molecule has 1 heterocycles. The number of ether oxygens (including phenoxy) is 1. The maximum absolute atomic E-state index is 13.1. The number of hydrogen-bond donors (Lipinski definition) is 1. The fraction of sp³-hybridized carbons (Fsp3) is 0.500. The van der Waals surface area contributed by atoms with Gasteiger partial charge in [-0.05, 0) is 31.4 Å². The lowest BCUT2D eigenvalue weighted by molar-refractivity contribution is -0.157. The van der Waals surface area contributed by atoms with Gasteiger partial charge in [0.2, 0.25) is 5.91 Å². The van der Waals surface area contributed by atoms with Crippen molar-refractivity contribution in [2.75, 3.05) is 26.3 Å². The highest BCUT2D eigenvalue weighted by molar-refractivity contribution is 5.96. The number of rotatable bonds is 3. The van der Waals surface area contributed by atoms with E-state index in [1.165, 1.54) is 0 Å². The number of benzene rings is 1. The normalized spacial score (nSPS) is 19.3. The molecule has 0 aromatic heterocycles. The van der Waals surface area contributed by atoms with Gasteiger partial charge < -0.3 is 15.0 Å². The standard InChI is InChI=1S/C16H18F2N2O3/c17-12-6-11(7-13(18)8-12)15(22)19-9-14(21)20-4-5-23-10-16(20)2-1-3-16/h6-8H,1-5,9-10H2,(H,19,22). The lowest BCUT2D eigenvalue weighted by Crippen LogP contribution is -2.64. The Morgan fingerprint density at radius 3 is 2.52 bits per heavy atom. The van der Waals surface area contributed by atoms with Crippen LogP contribution in [0.2, 0.25) is 0 Å². The topological polar surface area (TPSA) is 58.6 Å². The lowest BCUT2D eigenvalue weighted by atomic mass is 9.75.